The molecule has 5 rings (SSSR count). The maximum atomic E-state index is 6.58. The fourth-order valence-electron chi connectivity index (χ4n) is 5.13. The zero-order valence-corrected chi connectivity index (χ0v) is 18.5. The van der Waals surface area contributed by atoms with Crippen LogP contribution < -0.4 is 28.4 Å². The van der Waals surface area contributed by atoms with Crippen LogP contribution in [0.15, 0.2) is 24.3 Å². The highest BCUT2D eigenvalue weighted by molar-refractivity contribution is 5.61. The number of rotatable bonds is 5. The van der Waals surface area contributed by atoms with Crippen LogP contribution in [0.25, 0.3) is 0 Å². The van der Waals surface area contributed by atoms with Crippen LogP contribution in [-0.4, -0.2) is 52.3 Å². The maximum Gasteiger partial charge on any atom is 0.231 e. The zero-order valence-electron chi connectivity index (χ0n) is 18.5. The first-order valence-corrected chi connectivity index (χ1v) is 10.8. The molecule has 0 unspecified atom stereocenters. The highest BCUT2D eigenvalue weighted by Gasteiger charge is 2.43. The molecule has 7 nitrogen and oxygen atoms in total. The van der Waals surface area contributed by atoms with Gasteiger partial charge in [-0.1, -0.05) is 6.92 Å². The molecule has 3 aliphatic rings. The van der Waals surface area contributed by atoms with E-state index >= 15 is 0 Å². The van der Waals surface area contributed by atoms with Gasteiger partial charge in [-0.05, 0) is 18.9 Å². The summed E-state index contributed by atoms with van der Waals surface area (Å²) in [6.45, 7) is 4.55. The van der Waals surface area contributed by atoms with Crippen molar-refractivity contribution in [1.29, 1.82) is 0 Å². The van der Waals surface area contributed by atoms with E-state index in [1.165, 1.54) is 12.8 Å². The first-order chi connectivity index (χ1) is 15.1. The molecule has 0 aromatic heterocycles. The molecular weight excluding hydrogens is 398 g/mol. The molecule has 0 saturated carbocycles. The third kappa shape index (κ3) is 3.31. The summed E-state index contributed by atoms with van der Waals surface area (Å²) in [5.74, 6) is 4.59. The first kappa shape index (κ1) is 20.1. The van der Waals surface area contributed by atoms with Crippen molar-refractivity contribution in [2.24, 2.45) is 5.92 Å². The van der Waals surface area contributed by atoms with Crippen molar-refractivity contribution < 1.29 is 28.4 Å². The predicted molar refractivity (Wildman–Crippen MR) is 115 cm³/mol. The molecule has 1 saturated heterocycles. The van der Waals surface area contributed by atoms with Crippen molar-refractivity contribution in [3.05, 3.63) is 35.4 Å². The maximum absolute atomic E-state index is 6.58. The van der Waals surface area contributed by atoms with E-state index in [0.717, 1.165) is 53.0 Å². The average Bonchev–Trinajstić information content (AvgIpc) is 3.48. The quantitative estimate of drug-likeness (QED) is 0.714. The van der Waals surface area contributed by atoms with Gasteiger partial charge in [-0.25, -0.2) is 0 Å². The molecule has 0 spiro atoms. The number of fused-ring (bicyclic) bond motifs is 2. The van der Waals surface area contributed by atoms with Gasteiger partial charge in [0.15, 0.2) is 17.7 Å². The Morgan fingerprint density at radius 2 is 1.48 bits per heavy atom. The number of hydrogen-bond acceptors (Lipinski definition) is 7. The molecule has 0 radical (unpaired) electrons. The molecule has 2 aromatic rings. The molecule has 3 heterocycles. The van der Waals surface area contributed by atoms with Crippen molar-refractivity contribution in [2.75, 3.05) is 41.2 Å². The molecule has 2 aromatic carbocycles. The second kappa shape index (κ2) is 8.04. The average molecular weight is 427 g/mol. The van der Waals surface area contributed by atoms with Crippen LogP contribution in [0.2, 0.25) is 0 Å². The van der Waals surface area contributed by atoms with E-state index in [4.69, 9.17) is 28.4 Å². The number of hydrogen-bond donors (Lipinski definition) is 0. The van der Waals surface area contributed by atoms with Gasteiger partial charge in [0.25, 0.3) is 0 Å². The molecule has 3 atom stereocenters. The summed E-state index contributed by atoms with van der Waals surface area (Å²) < 4.78 is 35.0. The Morgan fingerprint density at radius 3 is 2.10 bits per heavy atom. The fourth-order valence-corrected chi connectivity index (χ4v) is 5.13. The minimum absolute atomic E-state index is 0.0142. The lowest BCUT2D eigenvalue weighted by Gasteiger charge is -2.42. The Hall–Kier alpha value is -2.80. The smallest absolute Gasteiger partial charge is 0.231 e. The molecule has 0 bridgehead atoms. The number of benzene rings is 2. The van der Waals surface area contributed by atoms with Gasteiger partial charge >= 0.3 is 0 Å². The molecule has 0 N–H and O–H groups in total. The zero-order chi connectivity index (χ0) is 21.5. The number of ether oxygens (including phenoxy) is 6. The monoisotopic (exact) mass is 427 g/mol. The van der Waals surface area contributed by atoms with Crippen LogP contribution in [-0.2, 0) is 0 Å². The highest BCUT2D eigenvalue weighted by Crippen LogP contribution is 2.54. The predicted octanol–water partition coefficient (Wildman–Crippen LogP) is 4.02. The van der Waals surface area contributed by atoms with Gasteiger partial charge in [-0.15, -0.1) is 0 Å². The molecule has 7 heteroatoms. The third-order valence-corrected chi connectivity index (χ3v) is 6.63. The minimum Gasteiger partial charge on any atom is -0.496 e. The Kier molecular flexibility index (Phi) is 5.22. The van der Waals surface area contributed by atoms with Gasteiger partial charge in [0.05, 0.1) is 21.3 Å². The van der Waals surface area contributed by atoms with Gasteiger partial charge in [-0.3, -0.25) is 4.90 Å². The van der Waals surface area contributed by atoms with E-state index in [1.54, 1.807) is 21.3 Å². The van der Waals surface area contributed by atoms with Crippen LogP contribution in [0.5, 0.6) is 34.5 Å². The van der Waals surface area contributed by atoms with Crippen molar-refractivity contribution in [3.63, 3.8) is 0 Å². The second-order valence-corrected chi connectivity index (χ2v) is 8.28. The van der Waals surface area contributed by atoms with E-state index in [1.807, 2.05) is 24.3 Å². The number of methoxy groups -OCH3 is 3. The Balaban J connectivity index is 1.70. The van der Waals surface area contributed by atoms with Crippen molar-refractivity contribution in [1.82, 2.24) is 4.90 Å². The van der Waals surface area contributed by atoms with Crippen LogP contribution in [0.4, 0.5) is 0 Å². The summed E-state index contributed by atoms with van der Waals surface area (Å²) in [5, 5.41) is 0. The van der Waals surface area contributed by atoms with Gasteiger partial charge < -0.3 is 28.4 Å². The van der Waals surface area contributed by atoms with Crippen molar-refractivity contribution in [3.8, 4) is 34.5 Å². The number of likely N-dealkylation sites (tertiary alicyclic amines) is 1. The lowest BCUT2D eigenvalue weighted by molar-refractivity contribution is -0.0182. The lowest BCUT2D eigenvalue weighted by Crippen LogP contribution is -2.47. The van der Waals surface area contributed by atoms with E-state index in [0.29, 0.717) is 5.75 Å². The normalized spacial score (nSPS) is 24.5. The second-order valence-electron chi connectivity index (χ2n) is 8.28. The first-order valence-electron chi connectivity index (χ1n) is 10.8. The fraction of sp³-hybridized carbons (Fsp3) is 0.500. The van der Waals surface area contributed by atoms with Crippen molar-refractivity contribution >= 4 is 0 Å². The summed E-state index contributed by atoms with van der Waals surface area (Å²) in [5.41, 5.74) is 2.04. The van der Waals surface area contributed by atoms with Gasteiger partial charge in [-0.2, -0.15) is 0 Å². The Labute approximate surface area is 182 Å². The van der Waals surface area contributed by atoms with E-state index in [9.17, 15) is 0 Å². The lowest BCUT2D eigenvalue weighted by atomic mass is 9.77. The number of nitrogens with zero attached hydrogens (tertiary/aromatic N) is 1. The molecule has 3 aliphatic heterocycles. The highest BCUT2D eigenvalue weighted by atomic mass is 16.7. The Bertz CT molecular complexity index is 946. The van der Waals surface area contributed by atoms with E-state index in [2.05, 4.69) is 11.8 Å². The van der Waals surface area contributed by atoms with Gasteiger partial charge in [0, 0.05) is 54.3 Å². The van der Waals surface area contributed by atoms with Crippen LogP contribution in [0, 0.1) is 5.92 Å². The summed E-state index contributed by atoms with van der Waals surface area (Å²) in [6, 6.07) is 7.83. The summed E-state index contributed by atoms with van der Waals surface area (Å²) in [6.07, 6.45) is 2.35. The molecule has 166 valence electrons. The summed E-state index contributed by atoms with van der Waals surface area (Å²) in [7, 11) is 5.00. The van der Waals surface area contributed by atoms with E-state index in [-0.39, 0.29) is 24.9 Å². The molecular formula is C24H29NO6. The van der Waals surface area contributed by atoms with Gasteiger partial charge in [0.1, 0.15) is 23.0 Å². The largest absolute Gasteiger partial charge is 0.496 e. The minimum atomic E-state index is -0.0446. The van der Waals surface area contributed by atoms with E-state index < -0.39 is 0 Å². The summed E-state index contributed by atoms with van der Waals surface area (Å²) >= 11 is 0. The van der Waals surface area contributed by atoms with Crippen LogP contribution >= 0.6 is 0 Å². The SMILES string of the molecule is COc1cc(OC)c([C@H]2c3cc4c(cc3O[C@H](N3CCCC3)[C@H]2C)OCO4)c(OC)c1. The van der Waals surface area contributed by atoms with Gasteiger partial charge in [0.2, 0.25) is 6.79 Å². The molecule has 31 heavy (non-hydrogen) atoms. The van der Waals surface area contributed by atoms with Crippen molar-refractivity contribution in [2.45, 2.75) is 31.9 Å². The molecule has 0 aliphatic carbocycles. The van der Waals surface area contributed by atoms with Crippen LogP contribution in [0.1, 0.15) is 36.8 Å². The van der Waals surface area contributed by atoms with Crippen LogP contribution in [0.3, 0.4) is 0 Å². The molecule has 0 amide bonds. The topological polar surface area (TPSA) is 58.6 Å². The summed E-state index contributed by atoms with van der Waals surface area (Å²) in [4.78, 5) is 2.44. The Morgan fingerprint density at radius 1 is 0.839 bits per heavy atom. The standard InChI is InChI=1S/C24H29NO6/c1-14-22(23-20(27-3)9-15(26-2)10-21(23)28-4)16-11-18-19(30-13-29-18)12-17(16)31-24(14)25-7-5-6-8-25/h9-12,14,22,24H,5-8,13H2,1-4H3/t14-,22+,24-/m0/s1. The molecule has 1 fully saturated rings. The third-order valence-electron chi connectivity index (χ3n) is 6.63.